The minimum atomic E-state index is -0.539. The Balaban J connectivity index is 1.79. The first-order valence-electron chi connectivity index (χ1n) is 8.01. The minimum Gasteiger partial charge on any atom is -0.484 e. The maximum atomic E-state index is 12.9. The molecular weight excluding hydrogens is 350 g/mol. The van der Waals surface area contributed by atoms with Gasteiger partial charge in [0.05, 0.1) is 5.56 Å². The van der Waals surface area contributed by atoms with Gasteiger partial charge in [-0.05, 0) is 55.8 Å². The summed E-state index contributed by atoms with van der Waals surface area (Å²) in [5, 5.41) is 3.81. The van der Waals surface area contributed by atoms with E-state index in [9.17, 15) is 9.59 Å². The molecule has 0 fully saturated rings. The van der Waals surface area contributed by atoms with Gasteiger partial charge in [-0.2, -0.15) is 0 Å². The summed E-state index contributed by atoms with van der Waals surface area (Å²) in [7, 11) is 0. The number of nitrogens with one attached hydrogen (secondary N) is 1. The fourth-order valence-electron chi connectivity index (χ4n) is 2.51. The highest BCUT2D eigenvalue weighted by molar-refractivity contribution is 7.15. The van der Waals surface area contributed by atoms with E-state index in [-0.39, 0.29) is 12.5 Å². The topological polar surface area (TPSA) is 86.3 Å². The molecule has 2 aromatic heterocycles. The second-order valence-corrected chi connectivity index (χ2v) is 6.99. The molecule has 7 heteroatoms. The Bertz CT molecular complexity index is 928. The number of carbonyl (C=O) groups is 2. The molecule has 2 heterocycles. The molecule has 3 aromatic rings. The van der Waals surface area contributed by atoms with Crippen LogP contribution in [-0.4, -0.2) is 23.0 Å². The number of rotatable bonds is 6. The second kappa shape index (κ2) is 7.45. The average Bonchev–Trinajstić information content (AvgIpc) is 3.23. The van der Waals surface area contributed by atoms with Crippen LogP contribution in [0, 0.1) is 13.8 Å². The summed E-state index contributed by atoms with van der Waals surface area (Å²) in [6.45, 7) is 3.78. The van der Waals surface area contributed by atoms with Crippen molar-refractivity contribution in [1.29, 1.82) is 0 Å². The fraction of sp³-hybridized carbons (Fsp3) is 0.158. The lowest BCUT2D eigenvalue weighted by atomic mass is 10.1. The standard InChI is InChI=1S/C19H19N3O3S/c1-12-13(2)26-19(22-9-3-4-10-22)17(12)18(24)21-14-5-7-15(8-6-14)25-11-16(20)23/h3-10H,11H2,1-2H3,(H2,20,23)(H,21,24). The third kappa shape index (κ3) is 3.78. The highest BCUT2D eigenvalue weighted by atomic mass is 32.1. The van der Waals surface area contributed by atoms with E-state index in [0.29, 0.717) is 17.0 Å². The van der Waals surface area contributed by atoms with Crippen molar-refractivity contribution in [1.82, 2.24) is 4.57 Å². The van der Waals surface area contributed by atoms with Gasteiger partial charge in [-0.3, -0.25) is 9.59 Å². The van der Waals surface area contributed by atoms with Crippen molar-refractivity contribution >= 4 is 28.8 Å². The fourth-order valence-corrected chi connectivity index (χ4v) is 3.63. The van der Waals surface area contributed by atoms with E-state index in [4.69, 9.17) is 10.5 Å². The molecule has 0 saturated carbocycles. The summed E-state index contributed by atoms with van der Waals surface area (Å²) in [4.78, 5) is 24.7. The molecule has 26 heavy (non-hydrogen) atoms. The lowest BCUT2D eigenvalue weighted by molar-refractivity contribution is -0.119. The molecule has 0 bridgehead atoms. The number of carbonyl (C=O) groups excluding carboxylic acids is 2. The molecule has 3 N–H and O–H groups in total. The molecule has 2 amide bonds. The van der Waals surface area contributed by atoms with Gasteiger partial charge >= 0.3 is 0 Å². The number of benzene rings is 1. The molecule has 0 spiro atoms. The van der Waals surface area contributed by atoms with Gasteiger partial charge in [-0.15, -0.1) is 11.3 Å². The van der Waals surface area contributed by atoms with Gasteiger partial charge in [0.2, 0.25) is 0 Å². The summed E-state index contributed by atoms with van der Waals surface area (Å²) in [5.41, 5.74) is 7.33. The van der Waals surface area contributed by atoms with Crippen LogP contribution in [0.4, 0.5) is 5.69 Å². The van der Waals surface area contributed by atoms with Crippen LogP contribution in [0.25, 0.3) is 5.00 Å². The van der Waals surface area contributed by atoms with E-state index >= 15 is 0 Å². The van der Waals surface area contributed by atoms with E-state index < -0.39 is 5.91 Å². The Morgan fingerprint density at radius 2 is 1.81 bits per heavy atom. The van der Waals surface area contributed by atoms with Crippen LogP contribution in [0.3, 0.4) is 0 Å². The van der Waals surface area contributed by atoms with Crippen molar-refractivity contribution in [2.24, 2.45) is 5.73 Å². The number of anilines is 1. The highest BCUT2D eigenvalue weighted by Gasteiger charge is 2.20. The zero-order valence-corrected chi connectivity index (χ0v) is 15.3. The van der Waals surface area contributed by atoms with Crippen molar-refractivity contribution in [2.75, 3.05) is 11.9 Å². The smallest absolute Gasteiger partial charge is 0.258 e. The van der Waals surface area contributed by atoms with Crippen molar-refractivity contribution in [3.63, 3.8) is 0 Å². The zero-order chi connectivity index (χ0) is 18.7. The molecule has 0 atom stereocenters. The average molecular weight is 369 g/mol. The van der Waals surface area contributed by atoms with E-state index in [1.807, 2.05) is 42.9 Å². The van der Waals surface area contributed by atoms with Gasteiger partial charge in [0.15, 0.2) is 6.61 Å². The second-order valence-electron chi connectivity index (χ2n) is 5.79. The molecule has 1 aromatic carbocycles. The summed E-state index contributed by atoms with van der Waals surface area (Å²) < 4.78 is 7.16. The number of primary amides is 1. The Morgan fingerprint density at radius 3 is 2.42 bits per heavy atom. The lowest BCUT2D eigenvalue weighted by Gasteiger charge is -2.09. The number of hydrogen-bond donors (Lipinski definition) is 2. The zero-order valence-electron chi connectivity index (χ0n) is 14.5. The number of amides is 2. The highest BCUT2D eigenvalue weighted by Crippen LogP contribution is 2.31. The molecule has 0 aliphatic carbocycles. The van der Waals surface area contributed by atoms with Crippen LogP contribution in [0.1, 0.15) is 20.8 Å². The first-order chi connectivity index (χ1) is 12.5. The van der Waals surface area contributed by atoms with Crippen LogP contribution >= 0.6 is 11.3 Å². The van der Waals surface area contributed by atoms with E-state index in [2.05, 4.69) is 5.32 Å². The maximum Gasteiger partial charge on any atom is 0.258 e. The monoisotopic (exact) mass is 369 g/mol. The molecule has 6 nitrogen and oxygen atoms in total. The van der Waals surface area contributed by atoms with Gasteiger partial charge in [0.25, 0.3) is 11.8 Å². The van der Waals surface area contributed by atoms with Gasteiger partial charge in [-0.25, -0.2) is 0 Å². The Kier molecular flexibility index (Phi) is 5.09. The summed E-state index contributed by atoms with van der Waals surface area (Å²) >= 11 is 1.59. The van der Waals surface area contributed by atoms with E-state index in [1.165, 1.54) is 0 Å². The van der Waals surface area contributed by atoms with E-state index in [1.54, 1.807) is 35.6 Å². The Hall–Kier alpha value is -3.06. The van der Waals surface area contributed by atoms with Crippen LogP contribution in [0.5, 0.6) is 5.75 Å². The summed E-state index contributed by atoms with van der Waals surface area (Å²) in [5.74, 6) is -0.193. The minimum absolute atomic E-state index is 0.165. The summed E-state index contributed by atoms with van der Waals surface area (Å²) in [6.07, 6.45) is 3.85. The van der Waals surface area contributed by atoms with Gasteiger partial charge in [0, 0.05) is 23.0 Å². The van der Waals surface area contributed by atoms with Gasteiger partial charge < -0.3 is 20.4 Å². The Morgan fingerprint density at radius 1 is 1.15 bits per heavy atom. The third-order valence-corrected chi connectivity index (χ3v) is 5.15. The first-order valence-corrected chi connectivity index (χ1v) is 8.83. The first kappa shape index (κ1) is 17.8. The van der Waals surface area contributed by atoms with Crippen molar-refractivity contribution in [3.05, 3.63) is 64.8 Å². The van der Waals surface area contributed by atoms with E-state index in [0.717, 1.165) is 15.4 Å². The van der Waals surface area contributed by atoms with Crippen LogP contribution in [0.15, 0.2) is 48.8 Å². The molecule has 0 aliphatic heterocycles. The predicted octanol–water partition coefficient (Wildman–Crippen LogP) is 3.27. The predicted molar refractivity (Wildman–Crippen MR) is 102 cm³/mol. The number of aryl methyl sites for hydroxylation is 1. The molecule has 0 unspecified atom stereocenters. The number of thiophene rings is 1. The lowest BCUT2D eigenvalue weighted by Crippen LogP contribution is -2.20. The molecule has 3 rings (SSSR count). The van der Waals surface area contributed by atoms with Gasteiger partial charge in [0.1, 0.15) is 10.8 Å². The van der Waals surface area contributed by atoms with Crippen LogP contribution < -0.4 is 15.8 Å². The molecule has 0 saturated heterocycles. The largest absolute Gasteiger partial charge is 0.484 e. The number of ether oxygens (including phenoxy) is 1. The maximum absolute atomic E-state index is 12.9. The molecule has 0 radical (unpaired) electrons. The normalized spacial score (nSPS) is 10.5. The molecule has 134 valence electrons. The summed E-state index contributed by atoms with van der Waals surface area (Å²) in [6, 6.07) is 10.7. The Labute approximate surface area is 155 Å². The van der Waals surface area contributed by atoms with Gasteiger partial charge in [-0.1, -0.05) is 0 Å². The SMILES string of the molecule is Cc1sc(-n2cccc2)c(C(=O)Nc2ccc(OCC(N)=O)cc2)c1C. The van der Waals surface area contributed by atoms with Crippen molar-refractivity contribution in [3.8, 4) is 10.8 Å². The number of nitrogens with zero attached hydrogens (tertiary/aromatic N) is 1. The van der Waals surface area contributed by atoms with Crippen molar-refractivity contribution < 1.29 is 14.3 Å². The molecule has 0 aliphatic rings. The van der Waals surface area contributed by atoms with Crippen molar-refractivity contribution in [2.45, 2.75) is 13.8 Å². The number of nitrogens with two attached hydrogens (primary N) is 1. The van der Waals surface area contributed by atoms with Crippen LogP contribution in [0.2, 0.25) is 0 Å². The quantitative estimate of drug-likeness (QED) is 0.699. The number of hydrogen-bond acceptors (Lipinski definition) is 4. The number of aromatic nitrogens is 1. The van der Waals surface area contributed by atoms with Crippen LogP contribution in [-0.2, 0) is 4.79 Å². The third-order valence-electron chi connectivity index (χ3n) is 3.93. The molecular formula is C19H19N3O3S.